The third-order valence-corrected chi connectivity index (χ3v) is 10.1. The first-order valence-corrected chi connectivity index (χ1v) is 14.7. The molecule has 2 aromatic carbocycles. The molecule has 0 radical (unpaired) electrons. The van der Waals surface area contributed by atoms with Crippen LogP contribution in [-0.2, 0) is 19.6 Å². The average molecular weight is 576 g/mol. The monoisotopic (exact) mass is 575 g/mol. The van der Waals surface area contributed by atoms with Crippen LogP contribution < -0.4 is 5.59 Å². The lowest BCUT2D eigenvalue weighted by molar-refractivity contribution is -0.131. The average Bonchev–Trinajstić information content (AvgIpc) is 3.42. The summed E-state index contributed by atoms with van der Waals surface area (Å²) in [4.78, 5) is 28.1. The molecule has 14 heteroatoms. The summed E-state index contributed by atoms with van der Waals surface area (Å²) < 4.78 is 34.2. The van der Waals surface area contributed by atoms with Gasteiger partial charge in [-0.3, -0.25) is 19.9 Å². The number of carboxylic acids is 1. The molecule has 1 unspecified atom stereocenters. The Balaban J connectivity index is 1.30. The number of hydrogen-bond acceptors (Lipinski definition) is 10. The molecule has 2 fully saturated rings. The van der Waals surface area contributed by atoms with Crippen LogP contribution in [0.1, 0.15) is 10.4 Å². The van der Waals surface area contributed by atoms with E-state index in [0.717, 1.165) is 11.8 Å². The first kappa shape index (κ1) is 27.6. The summed E-state index contributed by atoms with van der Waals surface area (Å²) in [6, 6.07) is 13.8. The second kappa shape index (κ2) is 11.6. The van der Waals surface area contributed by atoms with E-state index in [-0.39, 0.29) is 28.8 Å². The number of carboxylic acid groups (broad SMARTS) is 1. The SMILES string of the molecule is O=C(O)C1=CN(NO)C(N2CCN(S(=O)(=O)c3ccccc3-c3ccc(C(=O)N4CCOCC4)cc3)CC2)S1. The van der Waals surface area contributed by atoms with Crippen LogP contribution in [0.4, 0.5) is 0 Å². The van der Waals surface area contributed by atoms with Crippen molar-refractivity contribution in [1.29, 1.82) is 0 Å². The summed E-state index contributed by atoms with van der Waals surface area (Å²) in [5.41, 5.74) is 3.24. The van der Waals surface area contributed by atoms with Gasteiger partial charge in [-0.1, -0.05) is 42.1 Å². The van der Waals surface area contributed by atoms with Crippen LogP contribution in [-0.4, -0.2) is 108 Å². The Morgan fingerprint density at radius 1 is 0.949 bits per heavy atom. The highest BCUT2D eigenvalue weighted by Gasteiger charge is 2.38. The smallest absolute Gasteiger partial charge is 0.343 e. The fourth-order valence-electron chi connectivity index (χ4n) is 4.80. The maximum Gasteiger partial charge on any atom is 0.343 e. The number of hydrazine groups is 1. The molecule has 12 nitrogen and oxygen atoms in total. The van der Waals surface area contributed by atoms with Gasteiger partial charge in [0.05, 0.1) is 18.1 Å². The molecular weight excluding hydrogens is 546 g/mol. The molecule has 0 saturated carbocycles. The van der Waals surface area contributed by atoms with Gasteiger partial charge in [-0.25, -0.2) is 13.2 Å². The molecule has 1 amide bonds. The number of aliphatic carboxylic acids is 1. The van der Waals surface area contributed by atoms with Crippen LogP contribution in [0.25, 0.3) is 11.1 Å². The van der Waals surface area contributed by atoms with Crippen LogP contribution in [0.2, 0.25) is 0 Å². The second-order valence-corrected chi connectivity index (χ2v) is 12.2. The van der Waals surface area contributed by atoms with Gasteiger partial charge in [0.15, 0.2) is 5.50 Å². The van der Waals surface area contributed by atoms with Gasteiger partial charge < -0.3 is 14.7 Å². The van der Waals surface area contributed by atoms with E-state index in [0.29, 0.717) is 56.1 Å². The standard InChI is InChI=1S/C25H29N5O7S2/c31-23(27-13-15-37-16-14-27)19-7-5-18(6-8-19)20-3-1-2-4-22(20)39(35,36)29-11-9-28(10-12-29)25-30(26-34)17-21(38-25)24(32)33/h1-8,17,25-26,34H,9-16H2,(H,32,33). The highest BCUT2D eigenvalue weighted by Crippen LogP contribution is 2.35. The summed E-state index contributed by atoms with van der Waals surface area (Å²) in [6.07, 6.45) is 1.30. The lowest BCUT2D eigenvalue weighted by Crippen LogP contribution is -2.55. The van der Waals surface area contributed by atoms with Crippen molar-refractivity contribution in [3.8, 4) is 11.1 Å². The van der Waals surface area contributed by atoms with Gasteiger partial charge >= 0.3 is 5.97 Å². The topological polar surface area (TPSA) is 143 Å². The molecule has 3 aliphatic heterocycles. The van der Waals surface area contributed by atoms with Crippen LogP contribution in [0.15, 0.2) is 64.5 Å². The van der Waals surface area contributed by atoms with Gasteiger partial charge in [0.2, 0.25) is 10.0 Å². The Labute approximate surface area is 230 Å². The summed E-state index contributed by atoms with van der Waals surface area (Å²) >= 11 is 1.06. The van der Waals surface area contributed by atoms with Gasteiger partial charge in [0.25, 0.3) is 5.91 Å². The minimum atomic E-state index is -3.85. The maximum atomic E-state index is 13.7. The van der Waals surface area contributed by atoms with Crippen LogP contribution in [0.5, 0.6) is 0 Å². The molecule has 5 rings (SSSR count). The quantitative estimate of drug-likeness (QED) is 0.411. The molecule has 39 heavy (non-hydrogen) atoms. The van der Waals surface area contributed by atoms with E-state index in [1.807, 2.05) is 10.5 Å². The largest absolute Gasteiger partial charge is 0.477 e. The van der Waals surface area contributed by atoms with Crippen molar-refractivity contribution >= 4 is 33.7 Å². The minimum absolute atomic E-state index is 0.0724. The molecule has 1 atom stereocenters. The number of carbonyl (C=O) groups is 2. The Hall–Kier alpha value is -2.98. The molecule has 2 aromatic rings. The normalized spacial score (nSPS) is 21.2. The molecule has 208 valence electrons. The zero-order valence-electron chi connectivity index (χ0n) is 21.0. The number of thioether (sulfide) groups is 1. The fourth-order valence-corrected chi connectivity index (χ4v) is 7.52. The number of benzene rings is 2. The van der Waals surface area contributed by atoms with Gasteiger partial charge in [-0.2, -0.15) is 4.31 Å². The Morgan fingerprint density at radius 3 is 2.26 bits per heavy atom. The lowest BCUT2D eigenvalue weighted by atomic mass is 10.0. The minimum Gasteiger partial charge on any atom is -0.477 e. The van der Waals surface area contributed by atoms with E-state index in [9.17, 15) is 28.3 Å². The van der Waals surface area contributed by atoms with E-state index in [4.69, 9.17) is 4.74 Å². The summed E-state index contributed by atoms with van der Waals surface area (Å²) in [7, 11) is -3.85. The molecular formula is C25H29N5O7S2. The number of hydrogen-bond donors (Lipinski definition) is 3. The highest BCUT2D eigenvalue weighted by atomic mass is 32.2. The number of nitrogens with one attached hydrogen (secondary N) is 1. The highest BCUT2D eigenvalue weighted by molar-refractivity contribution is 8.04. The van der Waals surface area contributed by atoms with E-state index >= 15 is 0 Å². The third-order valence-electron chi connectivity index (χ3n) is 6.88. The molecule has 0 aromatic heterocycles. The summed E-state index contributed by atoms with van der Waals surface area (Å²) in [6.45, 7) is 3.19. The lowest BCUT2D eigenvalue weighted by Gasteiger charge is -2.39. The third kappa shape index (κ3) is 5.68. The van der Waals surface area contributed by atoms with Crippen LogP contribution in [0.3, 0.4) is 0 Å². The van der Waals surface area contributed by atoms with Gasteiger partial charge in [0, 0.05) is 56.6 Å². The molecule has 0 bridgehead atoms. The zero-order valence-corrected chi connectivity index (χ0v) is 22.6. The maximum absolute atomic E-state index is 13.7. The summed E-state index contributed by atoms with van der Waals surface area (Å²) in [5.74, 6) is -1.18. The van der Waals surface area contributed by atoms with Crippen molar-refractivity contribution in [3.05, 3.63) is 65.2 Å². The number of morpholine rings is 1. The Kier molecular flexibility index (Phi) is 8.23. The number of nitrogens with zero attached hydrogens (tertiary/aromatic N) is 4. The van der Waals surface area contributed by atoms with Crippen molar-refractivity contribution in [1.82, 2.24) is 24.7 Å². The molecule has 3 aliphatic rings. The van der Waals surface area contributed by atoms with E-state index in [2.05, 4.69) is 0 Å². The Bertz CT molecular complexity index is 1360. The number of carbonyl (C=O) groups excluding carboxylic acids is 1. The zero-order chi connectivity index (χ0) is 27.6. The predicted octanol–water partition coefficient (Wildman–Crippen LogP) is 1.28. The van der Waals surface area contributed by atoms with E-state index in [1.165, 1.54) is 15.5 Å². The number of amides is 1. The summed E-state index contributed by atoms with van der Waals surface area (Å²) in [5, 5.41) is 20.0. The predicted molar refractivity (Wildman–Crippen MR) is 143 cm³/mol. The van der Waals surface area contributed by atoms with Gasteiger partial charge in [-0.05, 0) is 23.8 Å². The van der Waals surface area contributed by atoms with Crippen molar-refractivity contribution in [2.24, 2.45) is 0 Å². The number of rotatable bonds is 7. The fraction of sp³-hybridized carbons (Fsp3) is 0.360. The first-order chi connectivity index (χ1) is 18.8. The molecule has 2 saturated heterocycles. The van der Waals surface area contributed by atoms with E-state index in [1.54, 1.807) is 53.4 Å². The van der Waals surface area contributed by atoms with Gasteiger partial charge in [0.1, 0.15) is 4.91 Å². The molecule has 0 spiro atoms. The van der Waals surface area contributed by atoms with Crippen LogP contribution in [0, 0.1) is 0 Å². The van der Waals surface area contributed by atoms with Crippen molar-refractivity contribution < 1.29 is 33.1 Å². The van der Waals surface area contributed by atoms with Gasteiger partial charge in [-0.15, -0.1) is 5.59 Å². The second-order valence-electron chi connectivity index (χ2n) is 9.17. The molecule has 0 aliphatic carbocycles. The van der Waals surface area contributed by atoms with Crippen molar-refractivity contribution in [2.75, 3.05) is 52.5 Å². The molecule has 3 heterocycles. The molecule has 3 N–H and O–H groups in total. The first-order valence-electron chi connectivity index (χ1n) is 12.4. The van der Waals surface area contributed by atoms with E-state index < -0.39 is 21.5 Å². The van der Waals surface area contributed by atoms with Crippen molar-refractivity contribution in [2.45, 2.75) is 10.4 Å². The number of sulfonamides is 1. The Morgan fingerprint density at radius 2 is 1.62 bits per heavy atom. The number of ether oxygens (including phenoxy) is 1. The van der Waals surface area contributed by atoms with Crippen LogP contribution >= 0.6 is 11.8 Å². The number of piperazine rings is 1. The van der Waals surface area contributed by atoms with Crippen molar-refractivity contribution in [3.63, 3.8) is 0 Å².